The molecule has 0 bridgehead atoms. The summed E-state index contributed by atoms with van der Waals surface area (Å²) >= 11 is 0. The van der Waals surface area contributed by atoms with Crippen LogP contribution in [-0.4, -0.2) is 22.3 Å². The summed E-state index contributed by atoms with van der Waals surface area (Å²) in [6.45, 7) is 2.11. The van der Waals surface area contributed by atoms with Crippen molar-refractivity contribution < 1.29 is 15.0 Å². The van der Waals surface area contributed by atoms with Gasteiger partial charge in [0.05, 0.1) is 6.10 Å². The number of allylic oxidation sites excluding steroid dienone is 5. The normalized spacial score (nSPS) is 13.6. The number of rotatable bonds is 13. The third-order valence-corrected chi connectivity index (χ3v) is 3.15. The zero-order valence-corrected chi connectivity index (χ0v) is 13.2. The lowest BCUT2D eigenvalue weighted by Gasteiger charge is -2.04. The molecule has 0 aliphatic heterocycles. The van der Waals surface area contributed by atoms with Crippen LogP contribution in [0.15, 0.2) is 36.5 Å². The molecule has 0 aromatic carbocycles. The molecule has 1 atom stereocenters. The van der Waals surface area contributed by atoms with Crippen molar-refractivity contribution in [3.63, 3.8) is 0 Å². The second-order valence-corrected chi connectivity index (χ2v) is 5.20. The minimum Gasteiger partial charge on any atom is -0.481 e. The maximum atomic E-state index is 10.3. The Labute approximate surface area is 129 Å². The van der Waals surface area contributed by atoms with E-state index in [4.69, 9.17) is 5.11 Å². The maximum absolute atomic E-state index is 10.3. The third-order valence-electron chi connectivity index (χ3n) is 3.15. The molecule has 0 fully saturated rings. The van der Waals surface area contributed by atoms with Gasteiger partial charge in [0.25, 0.3) is 0 Å². The van der Waals surface area contributed by atoms with Crippen molar-refractivity contribution in [1.29, 1.82) is 0 Å². The van der Waals surface area contributed by atoms with Gasteiger partial charge in [0.15, 0.2) is 0 Å². The Bertz CT molecular complexity index is 329. The van der Waals surface area contributed by atoms with Crippen LogP contribution in [-0.2, 0) is 4.79 Å². The first-order valence-electron chi connectivity index (χ1n) is 8.05. The first-order chi connectivity index (χ1) is 10.2. The Hall–Kier alpha value is -1.35. The van der Waals surface area contributed by atoms with Crippen LogP contribution in [0.5, 0.6) is 0 Å². The van der Waals surface area contributed by atoms with E-state index >= 15 is 0 Å². The highest BCUT2D eigenvalue weighted by Gasteiger charge is 1.99. The number of aliphatic hydroxyl groups excluding tert-OH is 1. The summed E-state index contributed by atoms with van der Waals surface area (Å²) in [5, 5.41) is 18.3. The SMILES string of the molecule is CCC=CCC=CC=CC(O)CCCCCCCC(=O)O. The van der Waals surface area contributed by atoms with Crippen LogP contribution < -0.4 is 0 Å². The molecule has 2 N–H and O–H groups in total. The van der Waals surface area contributed by atoms with E-state index in [1.165, 1.54) is 0 Å². The molecule has 0 radical (unpaired) electrons. The predicted molar refractivity (Wildman–Crippen MR) is 88.3 cm³/mol. The van der Waals surface area contributed by atoms with Gasteiger partial charge in [-0.25, -0.2) is 0 Å². The summed E-state index contributed by atoms with van der Waals surface area (Å²) in [6, 6.07) is 0. The van der Waals surface area contributed by atoms with E-state index in [9.17, 15) is 9.90 Å². The molecular formula is C18H30O3. The number of carboxylic acids is 1. The first-order valence-corrected chi connectivity index (χ1v) is 8.05. The Morgan fingerprint density at radius 1 is 1.00 bits per heavy atom. The van der Waals surface area contributed by atoms with Crippen LogP contribution in [0.3, 0.4) is 0 Å². The molecule has 0 aliphatic rings. The van der Waals surface area contributed by atoms with Crippen LogP contribution >= 0.6 is 0 Å². The average Bonchev–Trinajstić information content (AvgIpc) is 2.45. The molecule has 0 amide bonds. The van der Waals surface area contributed by atoms with Crippen molar-refractivity contribution in [1.82, 2.24) is 0 Å². The van der Waals surface area contributed by atoms with Gasteiger partial charge < -0.3 is 10.2 Å². The lowest BCUT2D eigenvalue weighted by atomic mass is 10.1. The molecule has 0 spiro atoms. The van der Waals surface area contributed by atoms with Crippen LogP contribution in [0.1, 0.15) is 64.7 Å². The van der Waals surface area contributed by atoms with Gasteiger partial charge in [-0.05, 0) is 25.7 Å². The van der Waals surface area contributed by atoms with E-state index in [1.807, 2.05) is 18.2 Å². The van der Waals surface area contributed by atoms with Crippen molar-refractivity contribution >= 4 is 5.97 Å². The van der Waals surface area contributed by atoms with Gasteiger partial charge in [-0.15, -0.1) is 0 Å². The standard InChI is InChI=1S/C18H30O3/c1-2-3-4-5-6-8-11-14-17(19)15-12-9-7-10-13-16-18(20)21/h3-4,6,8,11,14,17,19H,2,5,7,9-10,12-13,15-16H2,1H3,(H,20,21). The third kappa shape index (κ3) is 16.6. The molecule has 0 saturated carbocycles. The van der Waals surface area contributed by atoms with Crippen LogP contribution in [0.25, 0.3) is 0 Å². The summed E-state index contributed by atoms with van der Waals surface area (Å²) in [4.78, 5) is 10.3. The summed E-state index contributed by atoms with van der Waals surface area (Å²) in [7, 11) is 0. The molecular weight excluding hydrogens is 264 g/mol. The van der Waals surface area contributed by atoms with Crippen molar-refractivity contribution in [2.75, 3.05) is 0 Å². The number of unbranched alkanes of at least 4 members (excludes halogenated alkanes) is 4. The monoisotopic (exact) mass is 294 g/mol. The molecule has 21 heavy (non-hydrogen) atoms. The van der Waals surface area contributed by atoms with E-state index < -0.39 is 5.97 Å². The lowest BCUT2D eigenvalue weighted by molar-refractivity contribution is -0.137. The van der Waals surface area contributed by atoms with Gasteiger partial charge in [0, 0.05) is 6.42 Å². The average molecular weight is 294 g/mol. The van der Waals surface area contributed by atoms with Gasteiger partial charge in [-0.1, -0.05) is 69.1 Å². The van der Waals surface area contributed by atoms with Crippen molar-refractivity contribution in [2.45, 2.75) is 70.8 Å². The topological polar surface area (TPSA) is 57.5 Å². The minimum absolute atomic E-state index is 0.269. The van der Waals surface area contributed by atoms with Crippen LogP contribution in [0.2, 0.25) is 0 Å². The predicted octanol–water partition coefficient (Wildman–Crippen LogP) is 4.63. The molecule has 120 valence electrons. The fraction of sp³-hybridized carbons (Fsp3) is 0.611. The van der Waals surface area contributed by atoms with E-state index in [0.29, 0.717) is 0 Å². The summed E-state index contributed by atoms with van der Waals surface area (Å²) in [5.41, 5.74) is 0. The van der Waals surface area contributed by atoms with E-state index in [2.05, 4.69) is 25.2 Å². The van der Waals surface area contributed by atoms with Crippen LogP contribution in [0.4, 0.5) is 0 Å². The van der Waals surface area contributed by atoms with Crippen molar-refractivity contribution in [3.05, 3.63) is 36.5 Å². The number of carbonyl (C=O) groups is 1. The van der Waals surface area contributed by atoms with Crippen molar-refractivity contribution in [2.24, 2.45) is 0 Å². The summed E-state index contributed by atoms with van der Waals surface area (Å²) in [6.07, 6.45) is 19.5. The van der Waals surface area contributed by atoms with E-state index in [-0.39, 0.29) is 12.5 Å². The smallest absolute Gasteiger partial charge is 0.303 e. The van der Waals surface area contributed by atoms with Crippen molar-refractivity contribution in [3.8, 4) is 0 Å². The second kappa shape index (κ2) is 15.0. The minimum atomic E-state index is -0.714. The van der Waals surface area contributed by atoms with Crippen LogP contribution in [0, 0.1) is 0 Å². The molecule has 0 heterocycles. The summed E-state index contributed by atoms with van der Waals surface area (Å²) < 4.78 is 0. The highest BCUT2D eigenvalue weighted by Crippen LogP contribution is 2.09. The number of aliphatic carboxylic acids is 1. The van der Waals surface area contributed by atoms with Gasteiger partial charge >= 0.3 is 5.97 Å². The van der Waals surface area contributed by atoms with Gasteiger partial charge in [0.2, 0.25) is 0 Å². The zero-order chi connectivity index (χ0) is 15.8. The number of hydrogen-bond acceptors (Lipinski definition) is 2. The highest BCUT2D eigenvalue weighted by atomic mass is 16.4. The lowest BCUT2D eigenvalue weighted by Crippen LogP contribution is -2.01. The Morgan fingerprint density at radius 3 is 2.43 bits per heavy atom. The Morgan fingerprint density at radius 2 is 1.71 bits per heavy atom. The quantitative estimate of drug-likeness (QED) is 0.296. The Kier molecular flexibility index (Phi) is 14.1. The molecule has 1 unspecified atom stereocenters. The molecule has 0 aromatic rings. The highest BCUT2D eigenvalue weighted by molar-refractivity contribution is 5.66. The number of carboxylic acid groups (broad SMARTS) is 1. The van der Waals surface area contributed by atoms with Gasteiger partial charge in [-0.2, -0.15) is 0 Å². The van der Waals surface area contributed by atoms with Gasteiger partial charge in [0.1, 0.15) is 0 Å². The molecule has 0 aromatic heterocycles. The van der Waals surface area contributed by atoms with Gasteiger partial charge in [-0.3, -0.25) is 4.79 Å². The fourth-order valence-electron chi connectivity index (χ4n) is 1.95. The van der Waals surface area contributed by atoms with E-state index in [1.54, 1.807) is 0 Å². The number of aliphatic hydroxyl groups is 1. The fourth-order valence-corrected chi connectivity index (χ4v) is 1.95. The zero-order valence-electron chi connectivity index (χ0n) is 13.2. The molecule has 3 nitrogen and oxygen atoms in total. The first kappa shape index (κ1) is 19.7. The Balaban J connectivity index is 3.46. The van der Waals surface area contributed by atoms with E-state index in [0.717, 1.165) is 51.4 Å². The number of hydrogen-bond donors (Lipinski definition) is 2. The molecule has 0 saturated heterocycles. The molecule has 0 rings (SSSR count). The molecule has 3 heteroatoms. The molecule has 0 aliphatic carbocycles. The maximum Gasteiger partial charge on any atom is 0.303 e. The summed E-state index contributed by atoms with van der Waals surface area (Å²) in [5.74, 6) is -0.714. The second-order valence-electron chi connectivity index (χ2n) is 5.20. The largest absolute Gasteiger partial charge is 0.481 e.